The molecule has 0 bridgehead atoms. The molecule has 2 heteroatoms. The van der Waals surface area contributed by atoms with Gasteiger partial charge in [0.1, 0.15) is 5.60 Å². The van der Waals surface area contributed by atoms with Gasteiger partial charge in [0.05, 0.1) is 12.7 Å². The molecule has 0 N–H and O–H groups in total. The van der Waals surface area contributed by atoms with Gasteiger partial charge in [0.15, 0.2) is 5.78 Å². The monoisotopic (exact) mass is 236 g/mol. The third-order valence-electron chi connectivity index (χ3n) is 4.43. The van der Waals surface area contributed by atoms with Crippen LogP contribution in [0.15, 0.2) is 12.3 Å². The van der Waals surface area contributed by atoms with E-state index in [0.717, 1.165) is 18.8 Å². The van der Waals surface area contributed by atoms with Crippen LogP contribution >= 0.6 is 0 Å². The van der Waals surface area contributed by atoms with Gasteiger partial charge in [-0.25, -0.2) is 0 Å². The number of hydrogen-bond acceptors (Lipinski definition) is 2. The Morgan fingerprint density at radius 1 is 1.29 bits per heavy atom. The molecule has 0 aromatic heterocycles. The van der Waals surface area contributed by atoms with Gasteiger partial charge in [0, 0.05) is 6.08 Å². The Bertz CT molecular complexity index is 324. The molecule has 1 aliphatic carbocycles. The fourth-order valence-corrected chi connectivity index (χ4v) is 3.21. The molecule has 2 unspecified atom stereocenters. The Morgan fingerprint density at radius 3 is 2.71 bits per heavy atom. The average molecular weight is 236 g/mol. The van der Waals surface area contributed by atoms with Gasteiger partial charge in [-0.1, -0.05) is 20.8 Å². The second kappa shape index (κ2) is 4.47. The summed E-state index contributed by atoms with van der Waals surface area (Å²) < 4.78 is 5.82. The second-order valence-corrected chi connectivity index (χ2v) is 6.74. The molecular weight excluding hydrogens is 212 g/mol. The van der Waals surface area contributed by atoms with Gasteiger partial charge in [-0.15, -0.1) is 0 Å². The molecule has 2 rings (SSSR count). The zero-order valence-electron chi connectivity index (χ0n) is 11.3. The van der Waals surface area contributed by atoms with E-state index in [1.165, 1.54) is 19.3 Å². The molecule has 2 atom stereocenters. The van der Waals surface area contributed by atoms with Crippen LogP contribution in [0.4, 0.5) is 0 Å². The Labute approximate surface area is 104 Å². The molecular formula is C15H24O2. The van der Waals surface area contributed by atoms with Crippen molar-refractivity contribution >= 4 is 5.78 Å². The number of rotatable bonds is 0. The van der Waals surface area contributed by atoms with Crippen molar-refractivity contribution < 1.29 is 9.53 Å². The fourth-order valence-electron chi connectivity index (χ4n) is 3.21. The number of ketones is 1. The van der Waals surface area contributed by atoms with Crippen LogP contribution < -0.4 is 0 Å². The lowest BCUT2D eigenvalue weighted by atomic mass is 9.76. The summed E-state index contributed by atoms with van der Waals surface area (Å²) in [7, 11) is 0. The summed E-state index contributed by atoms with van der Waals surface area (Å²) in [6, 6.07) is 0. The molecule has 1 spiro atoms. The highest BCUT2D eigenvalue weighted by atomic mass is 16.5. The summed E-state index contributed by atoms with van der Waals surface area (Å²) in [5.74, 6) is 0.983. The SMILES string of the molecule is CC(C)(C)C1CCCC2(CC1)CC(=O)C=CO2. The highest BCUT2D eigenvalue weighted by Gasteiger charge is 2.39. The topological polar surface area (TPSA) is 26.3 Å². The van der Waals surface area contributed by atoms with Crippen LogP contribution in [0.3, 0.4) is 0 Å². The molecule has 0 saturated heterocycles. The Balaban J connectivity index is 2.05. The van der Waals surface area contributed by atoms with Gasteiger partial charge in [0.25, 0.3) is 0 Å². The summed E-state index contributed by atoms with van der Waals surface area (Å²) in [5.41, 5.74) is 0.200. The van der Waals surface area contributed by atoms with Crippen LogP contribution in [0.5, 0.6) is 0 Å². The van der Waals surface area contributed by atoms with Gasteiger partial charge in [-0.05, 0) is 43.4 Å². The Morgan fingerprint density at radius 2 is 2.06 bits per heavy atom. The molecule has 1 saturated carbocycles. The predicted molar refractivity (Wildman–Crippen MR) is 68.6 cm³/mol. The Hall–Kier alpha value is -0.790. The van der Waals surface area contributed by atoms with Crippen LogP contribution in [0.1, 0.15) is 59.3 Å². The zero-order valence-corrected chi connectivity index (χ0v) is 11.3. The molecule has 17 heavy (non-hydrogen) atoms. The van der Waals surface area contributed by atoms with Crippen molar-refractivity contribution in [2.45, 2.75) is 64.9 Å². The maximum Gasteiger partial charge on any atom is 0.162 e. The van der Waals surface area contributed by atoms with Crippen molar-refractivity contribution in [2.24, 2.45) is 11.3 Å². The van der Waals surface area contributed by atoms with Gasteiger partial charge >= 0.3 is 0 Å². The summed E-state index contributed by atoms with van der Waals surface area (Å²) in [5, 5.41) is 0. The third-order valence-corrected chi connectivity index (χ3v) is 4.43. The van der Waals surface area contributed by atoms with E-state index in [4.69, 9.17) is 4.74 Å². The predicted octanol–water partition coefficient (Wildman–Crippen LogP) is 3.85. The van der Waals surface area contributed by atoms with E-state index in [1.54, 1.807) is 12.3 Å². The molecule has 0 aromatic rings. The maximum absolute atomic E-state index is 11.6. The van der Waals surface area contributed by atoms with Crippen molar-refractivity contribution in [1.29, 1.82) is 0 Å². The lowest BCUT2D eigenvalue weighted by molar-refractivity contribution is -0.123. The molecule has 0 radical (unpaired) electrons. The van der Waals surface area contributed by atoms with Crippen LogP contribution in [0.25, 0.3) is 0 Å². The van der Waals surface area contributed by atoms with E-state index in [-0.39, 0.29) is 11.4 Å². The number of allylic oxidation sites excluding steroid dienone is 1. The molecule has 1 fully saturated rings. The molecule has 0 amide bonds. The first-order chi connectivity index (χ1) is 7.91. The van der Waals surface area contributed by atoms with Crippen LogP contribution in [0, 0.1) is 11.3 Å². The van der Waals surface area contributed by atoms with Crippen LogP contribution in [-0.4, -0.2) is 11.4 Å². The van der Waals surface area contributed by atoms with Crippen molar-refractivity contribution in [2.75, 3.05) is 0 Å². The first-order valence-corrected chi connectivity index (χ1v) is 6.79. The van der Waals surface area contributed by atoms with E-state index in [0.29, 0.717) is 11.8 Å². The first kappa shape index (κ1) is 12.7. The largest absolute Gasteiger partial charge is 0.494 e. The summed E-state index contributed by atoms with van der Waals surface area (Å²) in [4.78, 5) is 11.6. The first-order valence-electron chi connectivity index (χ1n) is 6.79. The van der Waals surface area contributed by atoms with Crippen LogP contribution in [-0.2, 0) is 9.53 Å². The van der Waals surface area contributed by atoms with E-state index < -0.39 is 0 Å². The van der Waals surface area contributed by atoms with E-state index in [9.17, 15) is 4.79 Å². The van der Waals surface area contributed by atoms with E-state index in [2.05, 4.69) is 20.8 Å². The number of hydrogen-bond donors (Lipinski definition) is 0. The summed E-state index contributed by atoms with van der Waals surface area (Å²) in [6.07, 6.45) is 9.47. The van der Waals surface area contributed by atoms with Crippen LogP contribution in [0.2, 0.25) is 0 Å². The van der Waals surface area contributed by atoms with Crippen molar-refractivity contribution in [3.05, 3.63) is 12.3 Å². The van der Waals surface area contributed by atoms with Gasteiger partial charge < -0.3 is 4.74 Å². The van der Waals surface area contributed by atoms with Crippen molar-refractivity contribution in [3.8, 4) is 0 Å². The molecule has 2 nitrogen and oxygen atoms in total. The third kappa shape index (κ3) is 2.91. The van der Waals surface area contributed by atoms with Gasteiger partial charge in [-0.3, -0.25) is 4.79 Å². The molecule has 1 heterocycles. The fraction of sp³-hybridized carbons (Fsp3) is 0.800. The lowest BCUT2D eigenvalue weighted by Gasteiger charge is -2.34. The molecule has 0 aromatic carbocycles. The van der Waals surface area contributed by atoms with Crippen molar-refractivity contribution in [3.63, 3.8) is 0 Å². The van der Waals surface area contributed by atoms with Gasteiger partial charge in [-0.2, -0.15) is 0 Å². The summed E-state index contributed by atoms with van der Waals surface area (Å²) in [6.45, 7) is 6.97. The molecule has 1 aliphatic heterocycles. The minimum atomic E-state index is -0.175. The molecule has 96 valence electrons. The quantitative estimate of drug-likeness (QED) is 0.638. The zero-order chi connectivity index (χ0) is 12.5. The van der Waals surface area contributed by atoms with E-state index in [1.807, 2.05) is 0 Å². The van der Waals surface area contributed by atoms with Gasteiger partial charge in [0.2, 0.25) is 0 Å². The minimum absolute atomic E-state index is 0.175. The van der Waals surface area contributed by atoms with Crippen molar-refractivity contribution in [1.82, 2.24) is 0 Å². The molecule has 2 aliphatic rings. The highest BCUT2D eigenvalue weighted by molar-refractivity contribution is 5.90. The minimum Gasteiger partial charge on any atom is -0.494 e. The smallest absolute Gasteiger partial charge is 0.162 e. The number of carbonyl (C=O) groups is 1. The number of carbonyl (C=O) groups excluding carboxylic acids is 1. The maximum atomic E-state index is 11.6. The second-order valence-electron chi connectivity index (χ2n) is 6.74. The average Bonchev–Trinajstić information content (AvgIpc) is 2.40. The van der Waals surface area contributed by atoms with E-state index >= 15 is 0 Å². The summed E-state index contributed by atoms with van der Waals surface area (Å²) >= 11 is 0. The normalized spacial score (nSPS) is 34.5. The lowest BCUT2D eigenvalue weighted by Crippen LogP contribution is -2.35. The standard InChI is InChI=1S/C15H24O2/c1-14(2,3)12-5-4-8-15(9-6-12)11-13(16)7-10-17-15/h7,10,12H,4-6,8-9,11H2,1-3H3. The number of ether oxygens (including phenoxy) is 1. The Kier molecular flexibility index (Phi) is 3.33. The highest BCUT2D eigenvalue weighted by Crippen LogP contribution is 2.43.